The molecule has 0 aliphatic rings. The summed E-state index contributed by atoms with van der Waals surface area (Å²) in [7, 11) is 4.65. The number of carbonyl (C=O) groups is 1. The molecule has 1 heterocycles. The third-order valence-electron chi connectivity index (χ3n) is 3.13. The third-order valence-corrected chi connectivity index (χ3v) is 3.87. The highest BCUT2D eigenvalue weighted by molar-refractivity contribution is 9.10. The van der Waals surface area contributed by atoms with Crippen LogP contribution >= 0.6 is 15.9 Å². The molecule has 2 aromatic rings. The maximum Gasteiger partial charge on any atom is 0.228 e. The average Bonchev–Trinajstić information content (AvgIpc) is 2.56. The van der Waals surface area contributed by atoms with Crippen molar-refractivity contribution in [3.63, 3.8) is 0 Å². The molecule has 0 atom stereocenters. The smallest absolute Gasteiger partial charge is 0.228 e. The van der Waals surface area contributed by atoms with Crippen molar-refractivity contribution in [2.45, 2.75) is 6.42 Å². The lowest BCUT2D eigenvalue weighted by atomic mass is 10.1. The van der Waals surface area contributed by atoms with Gasteiger partial charge in [0.2, 0.25) is 11.8 Å². The highest BCUT2D eigenvalue weighted by atomic mass is 79.9. The van der Waals surface area contributed by atoms with E-state index in [4.69, 9.17) is 14.2 Å². The minimum Gasteiger partial charge on any atom is -0.493 e. The number of nitrogens with zero attached hydrogens (tertiary/aromatic N) is 1. The molecule has 1 aromatic heterocycles. The van der Waals surface area contributed by atoms with Crippen molar-refractivity contribution in [2.75, 3.05) is 26.6 Å². The summed E-state index contributed by atoms with van der Waals surface area (Å²) >= 11 is 3.44. The topological polar surface area (TPSA) is 69.7 Å². The Balaban J connectivity index is 2.10. The molecule has 0 aliphatic heterocycles. The number of aromatic nitrogens is 1. The van der Waals surface area contributed by atoms with Crippen molar-refractivity contribution in [3.05, 3.63) is 40.5 Å². The molecule has 0 saturated heterocycles. The van der Waals surface area contributed by atoms with E-state index in [-0.39, 0.29) is 12.3 Å². The monoisotopic (exact) mass is 380 g/mol. The second kappa shape index (κ2) is 7.82. The van der Waals surface area contributed by atoms with Crippen LogP contribution < -0.4 is 19.5 Å². The van der Waals surface area contributed by atoms with Gasteiger partial charge in [-0.15, -0.1) is 0 Å². The number of carbonyl (C=O) groups excluding carboxylic acids is 1. The van der Waals surface area contributed by atoms with Crippen molar-refractivity contribution in [1.82, 2.24) is 4.98 Å². The number of ether oxygens (including phenoxy) is 3. The van der Waals surface area contributed by atoms with E-state index in [1.165, 1.54) is 7.11 Å². The molecule has 6 nitrogen and oxygen atoms in total. The Morgan fingerprint density at radius 2 is 1.83 bits per heavy atom. The lowest BCUT2D eigenvalue weighted by Gasteiger charge is -2.12. The fourth-order valence-electron chi connectivity index (χ4n) is 1.98. The number of nitrogens with one attached hydrogen (secondary N) is 1. The zero-order valence-electron chi connectivity index (χ0n) is 13.1. The molecule has 0 radical (unpaired) electrons. The summed E-state index contributed by atoms with van der Waals surface area (Å²) in [6.07, 6.45) is 1.73. The Bertz CT molecular complexity index is 689. The zero-order valence-corrected chi connectivity index (χ0v) is 14.6. The molecule has 0 saturated carbocycles. The number of methoxy groups -OCH3 is 3. The number of pyridine rings is 1. The van der Waals surface area contributed by atoms with E-state index in [0.29, 0.717) is 23.1 Å². The molecule has 1 amide bonds. The minimum absolute atomic E-state index is 0.162. The van der Waals surface area contributed by atoms with E-state index in [9.17, 15) is 4.79 Å². The zero-order chi connectivity index (χ0) is 16.8. The Morgan fingerprint density at radius 1 is 1.13 bits per heavy atom. The van der Waals surface area contributed by atoms with E-state index < -0.39 is 0 Å². The summed E-state index contributed by atoms with van der Waals surface area (Å²) in [6, 6.07) is 6.96. The minimum atomic E-state index is -0.162. The van der Waals surface area contributed by atoms with Gasteiger partial charge in [0.25, 0.3) is 0 Å². The Hall–Kier alpha value is -2.28. The molecule has 23 heavy (non-hydrogen) atoms. The molecular formula is C16H17BrN2O4. The van der Waals surface area contributed by atoms with Gasteiger partial charge < -0.3 is 19.5 Å². The van der Waals surface area contributed by atoms with Gasteiger partial charge in [0.15, 0.2) is 11.5 Å². The van der Waals surface area contributed by atoms with E-state index in [1.807, 2.05) is 0 Å². The molecule has 2 rings (SSSR count). The fraction of sp³-hybridized carbons (Fsp3) is 0.250. The summed E-state index contributed by atoms with van der Waals surface area (Å²) in [5.41, 5.74) is 1.40. The number of rotatable bonds is 6. The van der Waals surface area contributed by atoms with E-state index >= 15 is 0 Å². The highest BCUT2D eigenvalue weighted by Crippen LogP contribution is 2.33. The number of benzene rings is 1. The average molecular weight is 381 g/mol. The molecule has 1 N–H and O–H groups in total. The number of hydrogen-bond acceptors (Lipinski definition) is 5. The first-order valence-electron chi connectivity index (χ1n) is 6.77. The van der Waals surface area contributed by atoms with Crippen molar-refractivity contribution in [3.8, 4) is 17.4 Å². The first-order valence-corrected chi connectivity index (χ1v) is 7.57. The molecule has 122 valence electrons. The molecule has 0 fully saturated rings. The number of anilines is 1. The first kappa shape index (κ1) is 17.1. The SMILES string of the molecule is COc1ccc(NC(=O)Cc2cc(OC)c(OC)cc2Br)cn1. The summed E-state index contributed by atoms with van der Waals surface area (Å²) in [4.78, 5) is 16.2. The van der Waals surface area contributed by atoms with Crippen LogP contribution in [0.5, 0.6) is 17.4 Å². The fourth-order valence-corrected chi connectivity index (χ4v) is 2.45. The van der Waals surface area contributed by atoms with Gasteiger partial charge in [-0.3, -0.25) is 4.79 Å². The quantitative estimate of drug-likeness (QED) is 0.833. The van der Waals surface area contributed by atoms with E-state index in [2.05, 4.69) is 26.2 Å². The molecule has 7 heteroatoms. The molecular weight excluding hydrogens is 364 g/mol. The van der Waals surface area contributed by atoms with Crippen molar-refractivity contribution < 1.29 is 19.0 Å². The van der Waals surface area contributed by atoms with Gasteiger partial charge in [0.05, 0.1) is 39.6 Å². The van der Waals surface area contributed by atoms with Crippen LogP contribution in [0.4, 0.5) is 5.69 Å². The predicted molar refractivity (Wildman–Crippen MR) is 90.4 cm³/mol. The van der Waals surface area contributed by atoms with Gasteiger partial charge in [-0.05, 0) is 23.8 Å². The van der Waals surface area contributed by atoms with Crippen molar-refractivity contribution >= 4 is 27.5 Å². The summed E-state index contributed by atoms with van der Waals surface area (Å²) in [6.45, 7) is 0. The number of halogens is 1. The van der Waals surface area contributed by atoms with Gasteiger partial charge in [-0.1, -0.05) is 15.9 Å². The largest absolute Gasteiger partial charge is 0.493 e. The van der Waals surface area contributed by atoms with Crippen LogP contribution in [0.25, 0.3) is 0 Å². The maximum absolute atomic E-state index is 12.2. The van der Waals surface area contributed by atoms with Gasteiger partial charge in [-0.25, -0.2) is 4.98 Å². The lowest BCUT2D eigenvalue weighted by Crippen LogP contribution is -2.15. The van der Waals surface area contributed by atoms with Crippen molar-refractivity contribution in [2.24, 2.45) is 0 Å². The second-order valence-corrected chi connectivity index (χ2v) is 5.47. The van der Waals surface area contributed by atoms with Crippen LogP contribution in [0.3, 0.4) is 0 Å². The highest BCUT2D eigenvalue weighted by Gasteiger charge is 2.13. The summed E-state index contributed by atoms with van der Waals surface area (Å²) in [5, 5.41) is 2.79. The molecule has 0 spiro atoms. The Morgan fingerprint density at radius 3 is 2.39 bits per heavy atom. The van der Waals surface area contributed by atoms with Gasteiger partial charge in [0.1, 0.15) is 0 Å². The standard InChI is InChI=1S/C16H17BrN2O4/c1-21-13-6-10(12(17)8-14(13)22-2)7-15(20)19-11-4-5-16(23-3)18-9-11/h4-6,8-9H,7H2,1-3H3,(H,19,20). The normalized spacial score (nSPS) is 10.1. The Labute approximate surface area is 142 Å². The van der Waals surface area contributed by atoms with Gasteiger partial charge >= 0.3 is 0 Å². The molecule has 0 aliphatic carbocycles. The number of amides is 1. The van der Waals surface area contributed by atoms with Crippen LogP contribution in [-0.2, 0) is 11.2 Å². The molecule has 1 aromatic carbocycles. The maximum atomic E-state index is 12.2. The van der Waals surface area contributed by atoms with Gasteiger partial charge in [0, 0.05) is 10.5 Å². The molecule has 0 unspecified atom stereocenters. The summed E-state index contributed by atoms with van der Waals surface area (Å²) < 4.78 is 16.2. The third kappa shape index (κ3) is 4.35. The molecule has 0 bridgehead atoms. The van der Waals surface area contributed by atoms with Crippen molar-refractivity contribution in [1.29, 1.82) is 0 Å². The lowest BCUT2D eigenvalue weighted by molar-refractivity contribution is -0.115. The first-order chi connectivity index (χ1) is 11.1. The van der Waals surface area contributed by atoms with Crippen LogP contribution in [0.15, 0.2) is 34.9 Å². The van der Waals surface area contributed by atoms with Crippen LogP contribution in [0.2, 0.25) is 0 Å². The van der Waals surface area contributed by atoms with Gasteiger partial charge in [-0.2, -0.15) is 0 Å². The summed E-state index contributed by atoms with van der Waals surface area (Å²) in [5.74, 6) is 1.50. The predicted octanol–water partition coefficient (Wildman–Crippen LogP) is 3.05. The van der Waals surface area contributed by atoms with E-state index in [0.717, 1.165) is 10.0 Å². The number of hydrogen-bond donors (Lipinski definition) is 1. The Kier molecular flexibility index (Phi) is 5.81. The van der Waals surface area contributed by atoms with Crippen LogP contribution in [0.1, 0.15) is 5.56 Å². The second-order valence-electron chi connectivity index (χ2n) is 4.61. The van der Waals surface area contributed by atoms with Crippen LogP contribution in [-0.4, -0.2) is 32.2 Å². The van der Waals surface area contributed by atoms with E-state index in [1.54, 1.807) is 44.7 Å². The van der Waals surface area contributed by atoms with Crippen LogP contribution in [0, 0.1) is 0 Å².